The third-order valence-electron chi connectivity index (χ3n) is 3.96. The molecule has 3 nitrogen and oxygen atoms in total. The molecule has 2 aliphatic carbocycles. The number of benzene rings is 1. The van der Waals surface area contributed by atoms with Crippen molar-refractivity contribution >= 4 is 6.09 Å². The standard InChI is InChI=1S/C17H23NO2/c1-17(2,3)20-16(19)18-13-9-12-5-4-6-14(11-7-8-11)15(12)10-13/h4-6,11,13H,7-10H2,1-3H3,(H,18,19). The highest BCUT2D eigenvalue weighted by molar-refractivity contribution is 5.68. The summed E-state index contributed by atoms with van der Waals surface area (Å²) in [6.45, 7) is 5.67. The van der Waals surface area contributed by atoms with Crippen molar-refractivity contribution in [1.82, 2.24) is 5.32 Å². The predicted molar refractivity (Wildman–Crippen MR) is 79.0 cm³/mol. The van der Waals surface area contributed by atoms with Crippen LogP contribution in [0.1, 0.15) is 56.2 Å². The van der Waals surface area contributed by atoms with Gasteiger partial charge in [-0.2, -0.15) is 0 Å². The molecule has 0 saturated heterocycles. The number of fused-ring (bicyclic) bond motifs is 1. The van der Waals surface area contributed by atoms with E-state index in [2.05, 4.69) is 23.5 Å². The number of hydrogen-bond acceptors (Lipinski definition) is 2. The minimum absolute atomic E-state index is 0.180. The second kappa shape index (κ2) is 4.80. The Kier molecular flexibility index (Phi) is 3.23. The van der Waals surface area contributed by atoms with Gasteiger partial charge in [-0.25, -0.2) is 4.79 Å². The van der Waals surface area contributed by atoms with E-state index < -0.39 is 5.60 Å². The van der Waals surface area contributed by atoms with Gasteiger partial charge in [0.1, 0.15) is 5.60 Å². The molecule has 1 aromatic carbocycles. The van der Waals surface area contributed by atoms with Crippen LogP contribution in [0.2, 0.25) is 0 Å². The van der Waals surface area contributed by atoms with E-state index in [4.69, 9.17) is 4.74 Å². The molecule has 0 bridgehead atoms. The van der Waals surface area contributed by atoms with Crippen LogP contribution in [0.4, 0.5) is 4.79 Å². The van der Waals surface area contributed by atoms with E-state index in [-0.39, 0.29) is 12.1 Å². The SMILES string of the molecule is CC(C)(C)OC(=O)NC1Cc2cccc(C3CC3)c2C1. The molecule has 1 fully saturated rings. The smallest absolute Gasteiger partial charge is 0.407 e. The first kappa shape index (κ1) is 13.5. The third-order valence-corrected chi connectivity index (χ3v) is 3.96. The fourth-order valence-corrected chi connectivity index (χ4v) is 3.03. The van der Waals surface area contributed by atoms with Gasteiger partial charge in [0.15, 0.2) is 0 Å². The highest BCUT2D eigenvalue weighted by Gasteiger charge is 2.32. The van der Waals surface area contributed by atoms with Crippen LogP contribution in [0, 0.1) is 0 Å². The van der Waals surface area contributed by atoms with Gasteiger partial charge in [0, 0.05) is 6.04 Å². The Balaban J connectivity index is 1.65. The summed E-state index contributed by atoms with van der Waals surface area (Å²) in [5.41, 5.74) is 3.94. The van der Waals surface area contributed by atoms with E-state index in [1.807, 2.05) is 20.8 Å². The minimum atomic E-state index is -0.436. The average molecular weight is 273 g/mol. The highest BCUT2D eigenvalue weighted by atomic mass is 16.6. The first-order valence-electron chi connectivity index (χ1n) is 7.52. The molecule has 0 spiro atoms. The summed E-state index contributed by atoms with van der Waals surface area (Å²) in [6.07, 6.45) is 4.21. The minimum Gasteiger partial charge on any atom is -0.444 e. The maximum atomic E-state index is 11.9. The van der Waals surface area contributed by atoms with E-state index in [1.165, 1.54) is 29.5 Å². The Labute approximate surface area is 120 Å². The second-order valence-electron chi connectivity index (χ2n) is 7.01. The molecule has 1 aromatic rings. The van der Waals surface area contributed by atoms with Gasteiger partial charge in [0.05, 0.1) is 0 Å². The maximum absolute atomic E-state index is 11.9. The van der Waals surface area contributed by atoms with Crippen LogP contribution < -0.4 is 5.32 Å². The first-order valence-corrected chi connectivity index (χ1v) is 7.52. The van der Waals surface area contributed by atoms with Gasteiger partial charge in [-0.1, -0.05) is 18.2 Å². The molecule has 0 aliphatic heterocycles. The monoisotopic (exact) mass is 273 g/mol. The lowest BCUT2D eigenvalue weighted by Crippen LogP contribution is -2.39. The number of nitrogens with one attached hydrogen (secondary N) is 1. The van der Waals surface area contributed by atoms with E-state index in [1.54, 1.807) is 0 Å². The lowest BCUT2D eigenvalue weighted by Gasteiger charge is -2.21. The first-order chi connectivity index (χ1) is 9.42. The summed E-state index contributed by atoms with van der Waals surface area (Å²) in [5, 5.41) is 3.01. The van der Waals surface area contributed by atoms with Gasteiger partial charge < -0.3 is 10.1 Å². The van der Waals surface area contributed by atoms with Gasteiger partial charge in [-0.15, -0.1) is 0 Å². The fourth-order valence-electron chi connectivity index (χ4n) is 3.03. The Morgan fingerprint density at radius 3 is 2.65 bits per heavy atom. The summed E-state index contributed by atoms with van der Waals surface area (Å²) in [6, 6.07) is 6.78. The molecule has 108 valence electrons. The molecule has 1 amide bonds. The lowest BCUT2D eigenvalue weighted by molar-refractivity contribution is 0.0506. The molecule has 0 aromatic heterocycles. The van der Waals surface area contributed by atoms with Crippen molar-refractivity contribution in [3.05, 3.63) is 34.9 Å². The normalized spacial score (nSPS) is 21.4. The van der Waals surface area contributed by atoms with Crippen molar-refractivity contribution in [2.45, 2.75) is 64.0 Å². The number of alkyl carbamates (subject to hydrolysis) is 1. The van der Waals surface area contributed by atoms with Crippen molar-refractivity contribution < 1.29 is 9.53 Å². The number of ether oxygens (including phenoxy) is 1. The van der Waals surface area contributed by atoms with Crippen LogP contribution in [-0.4, -0.2) is 17.7 Å². The maximum Gasteiger partial charge on any atom is 0.407 e. The lowest BCUT2D eigenvalue weighted by atomic mass is 10.00. The summed E-state index contributed by atoms with van der Waals surface area (Å²) in [7, 11) is 0. The highest BCUT2D eigenvalue weighted by Crippen LogP contribution is 2.44. The van der Waals surface area contributed by atoms with Crippen LogP contribution in [-0.2, 0) is 17.6 Å². The van der Waals surface area contributed by atoms with Crippen molar-refractivity contribution in [3.8, 4) is 0 Å². The number of amides is 1. The number of hydrogen-bond donors (Lipinski definition) is 1. The van der Waals surface area contributed by atoms with Crippen LogP contribution in [0.15, 0.2) is 18.2 Å². The Hall–Kier alpha value is -1.51. The molecule has 20 heavy (non-hydrogen) atoms. The average Bonchev–Trinajstić information content (AvgIpc) is 3.06. The largest absolute Gasteiger partial charge is 0.444 e. The molecule has 1 saturated carbocycles. The molecule has 1 unspecified atom stereocenters. The number of rotatable bonds is 2. The summed E-state index contributed by atoms with van der Waals surface area (Å²) < 4.78 is 5.34. The van der Waals surface area contributed by atoms with Crippen molar-refractivity contribution in [2.75, 3.05) is 0 Å². The molecule has 0 radical (unpaired) electrons. The summed E-state index contributed by atoms with van der Waals surface area (Å²) in [5.74, 6) is 0.769. The third kappa shape index (κ3) is 2.97. The van der Waals surface area contributed by atoms with Crippen molar-refractivity contribution in [2.24, 2.45) is 0 Å². The second-order valence-corrected chi connectivity index (χ2v) is 7.01. The fraction of sp³-hybridized carbons (Fsp3) is 0.588. The van der Waals surface area contributed by atoms with Crippen LogP contribution >= 0.6 is 0 Å². The van der Waals surface area contributed by atoms with Crippen LogP contribution in [0.5, 0.6) is 0 Å². The quantitative estimate of drug-likeness (QED) is 0.894. The molecule has 1 N–H and O–H groups in total. The zero-order chi connectivity index (χ0) is 14.3. The Morgan fingerprint density at radius 2 is 2.00 bits per heavy atom. The molecule has 0 heterocycles. The van der Waals surface area contributed by atoms with Crippen molar-refractivity contribution in [1.29, 1.82) is 0 Å². The van der Waals surface area contributed by atoms with Crippen molar-refractivity contribution in [3.63, 3.8) is 0 Å². The summed E-state index contributed by atoms with van der Waals surface area (Å²) >= 11 is 0. The topological polar surface area (TPSA) is 38.3 Å². The Morgan fingerprint density at radius 1 is 1.25 bits per heavy atom. The van der Waals surface area contributed by atoms with E-state index >= 15 is 0 Å². The molecule has 3 heteroatoms. The van der Waals surface area contributed by atoms with Gasteiger partial charge in [-0.3, -0.25) is 0 Å². The van der Waals surface area contributed by atoms with E-state index in [9.17, 15) is 4.79 Å². The van der Waals surface area contributed by atoms with Gasteiger partial charge in [0.25, 0.3) is 0 Å². The van der Waals surface area contributed by atoms with Crippen LogP contribution in [0.3, 0.4) is 0 Å². The molecular weight excluding hydrogens is 250 g/mol. The Bertz CT molecular complexity index is 526. The molecule has 3 rings (SSSR count). The number of carbonyl (C=O) groups excluding carboxylic acids is 1. The van der Waals surface area contributed by atoms with Crippen LogP contribution in [0.25, 0.3) is 0 Å². The summed E-state index contributed by atoms with van der Waals surface area (Å²) in [4.78, 5) is 11.9. The predicted octanol–water partition coefficient (Wildman–Crippen LogP) is 3.56. The molecule has 2 aliphatic rings. The zero-order valence-corrected chi connectivity index (χ0v) is 12.5. The van der Waals surface area contributed by atoms with Gasteiger partial charge in [-0.05, 0) is 69.1 Å². The molecule has 1 atom stereocenters. The number of carbonyl (C=O) groups is 1. The molecular formula is C17H23NO2. The van der Waals surface area contributed by atoms with Gasteiger partial charge >= 0.3 is 6.09 Å². The zero-order valence-electron chi connectivity index (χ0n) is 12.5. The van der Waals surface area contributed by atoms with Gasteiger partial charge in [0.2, 0.25) is 0 Å². The van der Waals surface area contributed by atoms with E-state index in [0.717, 1.165) is 18.8 Å². The van der Waals surface area contributed by atoms with E-state index in [0.29, 0.717) is 0 Å².